The highest BCUT2D eigenvalue weighted by Crippen LogP contribution is 2.32. The van der Waals surface area contributed by atoms with Crippen LogP contribution >= 0.6 is 22.7 Å². The summed E-state index contributed by atoms with van der Waals surface area (Å²) in [4.78, 5) is 36.4. The average Bonchev–Trinajstić information content (AvgIpc) is 3.25. The van der Waals surface area contributed by atoms with Gasteiger partial charge in [0.25, 0.3) is 5.91 Å². The van der Waals surface area contributed by atoms with Crippen LogP contribution in [0.4, 0.5) is 13.2 Å². The summed E-state index contributed by atoms with van der Waals surface area (Å²) in [6, 6.07) is 4.12. The van der Waals surface area contributed by atoms with Crippen LogP contribution in [0, 0.1) is 19.8 Å². The molecule has 1 aliphatic rings. The van der Waals surface area contributed by atoms with Gasteiger partial charge in [-0.25, -0.2) is 9.97 Å². The molecule has 4 rings (SSSR count). The number of rotatable bonds is 5. The molecule has 1 saturated heterocycles. The van der Waals surface area contributed by atoms with E-state index in [1.807, 2.05) is 19.2 Å². The van der Waals surface area contributed by atoms with Crippen molar-refractivity contribution < 1.29 is 22.8 Å². The van der Waals surface area contributed by atoms with Crippen molar-refractivity contribution in [1.82, 2.24) is 14.9 Å². The smallest absolute Gasteiger partial charge is 0.337 e. The monoisotopic (exact) mass is 465 g/mol. The van der Waals surface area contributed by atoms with Gasteiger partial charge in [-0.1, -0.05) is 0 Å². The van der Waals surface area contributed by atoms with E-state index in [0.717, 1.165) is 38.4 Å². The molecule has 31 heavy (non-hydrogen) atoms. The van der Waals surface area contributed by atoms with E-state index in [4.69, 9.17) is 0 Å². The van der Waals surface area contributed by atoms with Crippen LogP contribution in [0.2, 0.25) is 0 Å². The Hall–Kier alpha value is -2.59. The fraction of sp³-hybridized carbons (Fsp3) is 0.333. The number of amides is 1. The molecule has 0 unspecified atom stereocenters. The topological polar surface area (TPSA) is 63.2 Å². The Morgan fingerprint density at radius 1 is 1.13 bits per heavy atom. The Labute approximate surface area is 184 Å². The maximum absolute atomic E-state index is 12.7. The number of nitrogens with zero attached hydrogens (tertiary/aromatic N) is 3. The molecule has 1 aromatic carbocycles. The van der Waals surface area contributed by atoms with E-state index in [1.165, 1.54) is 28.4 Å². The maximum atomic E-state index is 12.7. The van der Waals surface area contributed by atoms with E-state index in [-0.39, 0.29) is 42.7 Å². The molecule has 5 nitrogen and oxygen atoms in total. The molecule has 3 aromatic rings. The van der Waals surface area contributed by atoms with Gasteiger partial charge in [-0.15, -0.1) is 22.7 Å². The second-order valence-corrected chi connectivity index (χ2v) is 9.55. The molecular formula is C21H18F3N3O2S2. The second-order valence-electron chi connectivity index (χ2n) is 7.40. The lowest BCUT2D eigenvalue weighted by Gasteiger charge is -2.38. The lowest BCUT2D eigenvalue weighted by molar-refractivity contribution is -0.137. The molecule has 0 atom stereocenters. The summed E-state index contributed by atoms with van der Waals surface area (Å²) < 4.78 is 38.0. The summed E-state index contributed by atoms with van der Waals surface area (Å²) in [6.07, 6.45) is -4.24. The van der Waals surface area contributed by atoms with Crippen LogP contribution in [0.15, 0.2) is 29.6 Å². The number of ketones is 1. The van der Waals surface area contributed by atoms with E-state index in [0.29, 0.717) is 0 Å². The van der Waals surface area contributed by atoms with Gasteiger partial charge in [0.05, 0.1) is 39.2 Å². The van der Waals surface area contributed by atoms with Gasteiger partial charge >= 0.3 is 6.18 Å². The summed E-state index contributed by atoms with van der Waals surface area (Å²) in [5, 5.41) is 3.60. The molecule has 3 heterocycles. The predicted molar refractivity (Wildman–Crippen MR) is 112 cm³/mol. The van der Waals surface area contributed by atoms with E-state index >= 15 is 0 Å². The maximum Gasteiger partial charge on any atom is 0.416 e. The molecule has 0 N–H and O–H groups in total. The van der Waals surface area contributed by atoms with Gasteiger partial charge in [-0.2, -0.15) is 13.2 Å². The Morgan fingerprint density at radius 2 is 1.81 bits per heavy atom. The molecule has 1 aliphatic heterocycles. The number of hydrogen-bond acceptors (Lipinski definition) is 6. The lowest BCUT2D eigenvalue weighted by Crippen LogP contribution is -2.53. The molecule has 1 amide bonds. The summed E-state index contributed by atoms with van der Waals surface area (Å²) in [7, 11) is 0. The van der Waals surface area contributed by atoms with Crippen molar-refractivity contribution in [3.63, 3.8) is 0 Å². The van der Waals surface area contributed by atoms with Gasteiger partial charge in [0.2, 0.25) is 0 Å². The third-order valence-corrected chi connectivity index (χ3v) is 7.04. The Bertz CT molecular complexity index is 1130. The summed E-state index contributed by atoms with van der Waals surface area (Å²) >= 11 is 2.99. The number of carbonyl (C=O) groups is 2. The Balaban J connectivity index is 1.32. The molecule has 2 aromatic heterocycles. The standard InChI is InChI=1S/C21H18F3N3O2S2/c1-11-19(31-12(2)25-11)16-10-30-18(26-16)7-17(28)14-8-27(9-14)20(29)13-3-5-15(6-4-13)21(22,23)24/h3-6,10,14H,7-9H2,1-2H3. The number of benzene rings is 1. The fourth-order valence-corrected chi connectivity index (χ4v) is 5.14. The third-order valence-electron chi connectivity index (χ3n) is 5.10. The molecule has 0 spiro atoms. The molecule has 0 aliphatic carbocycles. The van der Waals surface area contributed by atoms with Crippen LogP contribution in [-0.4, -0.2) is 39.6 Å². The molecular weight excluding hydrogens is 447 g/mol. The highest BCUT2D eigenvalue weighted by molar-refractivity contribution is 7.16. The van der Waals surface area contributed by atoms with Crippen LogP contribution in [0.5, 0.6) is 0 Å². The highest BCUT2D eigenvalue weighted by atomic mass is 32.1. The minimum atomic E-state index is -4.44. The van der Waals surface area contributed by atoms with Gasteiger partial charge in [-0.05, 0) is 38.1 Å². The van der Waals surface area contributed by atoms with Crippen LogP contribution in [0.1, 0.15) is 31.6 Å². The van der Waals surface area contributed by atoms with Crippen LogP contribution in [0.3, 0.4) is 0 Å². The number of halogens is 3. The van der Waals surface area contributed by atoms with E-state index < -0.39 is 11.7 Å². The third kappa shape index (κ3) is 4.54. The number of aromatic nitrogens is 2. The van der Waals surface area contributed by atoms with Gasteiger partial charge in [0, 0.05) is 24.0 Å². The molecule has 10 heteroatoms. The first kappa shape index (κ1) is 21.6. The van der Waals surface area contributed by atoms with Crippen molar-refractivity contribution in [3.05, 3.63) is 56.5 Å². The average molecular weight is 466 g/mol. The number of Topliss-reactive ketones (excluding diaryl/α,β-unsaturated/α-hetero) is 1. The molecule has 0 bridgehead atoms. The first-order chi connectivity index (χ1) is 14.6. The first-order valence-electron chi connectivity index (χ1n) is 9.50. The minimum Gasteiger partial charge on any atom is -0.337 e. The van der Waals surface area contributed by atoms with Gasteiger partial charge < -0.3 is 4.90 Å². The van der Waals surface area contributed by atoms with Crippen molar-refractivity contribution in [1.29, 1.82) is 0 Å². The second kappa shape index (κ2) is 8.16. The van der Waals surface area contributed by atoms with E-state index in [9.17, 15) is 22.8 Å². The van der Waals surface area contributed by atoms with E-state index in [2.05, 4.69) is 9.97 Å². The summed E-state index contributed by atoms with van der Waals surface area (Å²) in [5.41, 5.74) is 1.12. The van der Waals surface area contributed by atoms with Crippen LogP contribution in [-0.2, 0) is 17.4 Å². The van der Waals surface area contributed by atoms with Gasteiger partial charge in [0.1, 0.15) is 10.8 Å². The number of alkyl halides is 3. The Kier molecular flexibility index (Phi) is 5.69. The SMILES string of the molecule is Cc1nc(C)c(-c2csc(CC(=O)C3CN(C(=O)c4ccc(C(F)(F)F)cc4)C3)n2)s1. The van der Waals surface area contributed by atoms with Crippen molar-refractivity contribution in [2.75, 3.05) is 13.1 Å². The fourth-order valence-electron chi connectivity index (χ4n) is 3.39. The van der Waals surface area contributed by atoms with Gasteiger partial charge in [0.15, 0.2) is 0 Å². The molecule has 0 saturated carbocycles. The quantitative estimate of drug-likeness (QED) is 0.544. The molecule has 1 fully saturated rings. The number of hydrogen-bond donors (Lipinski definition) is 0. The number of thiazole rings is 2. The lowest BCUT2D eigenvalue weighted by atomic mass is 9.92. The zero-order chi connectivity index (χ0) is 22.3. The zero-order valence-corrected chi connectivity index (χ0v) is 18.3. The Morgan fingerprint density at radius 3 is 2.39 bits per heavy atom. The molecule has 0 radical (unpaired) electrons. The summed E-state index contributed by atoms with van der Waals surface area (Å²) in [6.45, 7) is 4.40. The van der Waals surface area contributed by atoms with E-state index in [1.54, 1.807) is 11.3 Å². The predicted octanol–water partition coefficient (Wildman–Crippen LogP) is 4.79. The van der Waals surface area contributed by atoms with Crippen molar-refractivity contribution in [2.45, 2.75) is 26.4 Å². The van der Waals surface area contributed by atoms with Crippen LogP contribution in [0.25, 0.3) is 10.6 Å². The number of aryl methyl sites for hydroxylation is 2. The van der Waals surface area contributed by atoms with Gasteiger partial charge in [-0.3, -0.25) is 9.59 Å². The molecule has 162 valence electrons. The normalized spacial score (nSPS) is 14.5. The summed E-state index contributed by atoms with van der Waals surface area (Å²) in [5.74, 6) is -0.641. The number of carbonyl (C=O) groups excluding carboxylic acids is 2. The van der Waals surface area contributed by atoms with Crippen molar-refractivity contribution in [3.8, 4) is 10.6 Å². The highest BCUT2D eigenvalue weighted by Gasteiger charge is 2.36. The largest absolute Gasteiger partial charge is 0.416 e. The van der Waals surface area contributed by atoms with Crippen molar-refractivity contribution in [2.24, 2.45) is 5.92 Å². The van der Waals surface area contributed by atoms with Crippen molar-refractivity contribution >= 4 is 34.4 Å². The first-order valence-corrected chi connectivity index (χ1v) is 11.2. The minimum absolute atomic E-state index is 0.00887. The zero-order valence-electron chi connectivity index (χ0n) is 16.7. The number of likely N-dealkylation sites (tertiary alicyclic amines) is 1. The van der Waals surface area contributed by atoms with Crippen LogP contribution < -0.4 is 0 Å².